The number of carbonyl (C=O) groups is 1. The highest BCUT2D eigenvalue weighted by Crippen LogP contribution is 2.31. The number of nitrogens with one attached hydrogen (secondary N) is 1. The predicted molar refractivity (Wildman–Crippen MR) is 64.6 cm³/mol. The lowest BCUT2D eigenvalue weighted by Crippen LogP contribution is -2.19. The van der Waals surface area contributed by atoms with Crippen LogP contribution in [-0.4, -0.2) is 15.7 Å². The second-order valence-corrected chi connectivity index (χ2v) is 5.06. The van der Waals surface area contributed by atoms with Crippen LogP contribution in [0.1, 0.15) is 5.56 Å². The van der Waals surface area contributed by atoms with Gasteiger partial charge in [-0.15, -0.1) is 12.6 Å². The summed E-state index contributed by atoms with van der Waals surface area (Å²) in [7, 11) is 0. The Kier molecular flexibility index (Phi) is 2.93. The Morgan fingerprint density at radius 2 is 2.33 bits per heavy atom. The van der Waals surface area contributed by atoms with Gasteiger partial charge in [-0.3, -0.25) is 4.79 Å². The number of aromatic hydroxyl groups is 1. The average Bonchev–Trinajstić information content (AvgIpc) is 2.45. The third-order valence-electron chi connectivity index (χ3n) is 1.88. The maximum absolute atomic E-state index is 11.4. The molecule has 1 aliphatic heterocycles. The van der Waals surface area contributed by atoms with Gasteiger partial charge in [0.1, 0.15) is 10.5 Å². The van der Waals surface area contributed by atoms with Crippen LogP contribution in [0.3, 0.4) is 0 Å². The van der Waals surface area contributed by atoms with E-state index < -0.39 is 0 Å². The minimum atomic E-state index is -0.180. The van der Waals surface area contributed by atoms with Crippen molar-refractivity contribution in [2.75, 3.05) is 0 Å². The summed E-state index contributed by atoms with van der Waals surface area (Å²) >= 11 is 5.50. The summed E-state index contributed by atoms with van der Waals surface area (Å²) in [5, 5.41) is 11.9. The molecule has 78 valence electrons. The van der Waals surface area contributed by atoms with Crippen LogP contribution in [0, 0.1) is 0 Å². The number of benzene rings is 1. The molecule has 1 aliphatic rings. The first-order valence-corrected chi connectivity index (χ1v) is 5.71. The largest absolute Gasteiger partial charge is 0.508 e. The van der Waals surface area contributed by atoms with Crippen molar-refractivity contribution in [2.45, 2.75) is 4.71 Å². The third kappa shape index (κ3) is 2.49. The lowest BCUT2D eigenvalue weighted by atomic mass is 10.2. The Hall–Kier alpha value is -1.07. The zero-order chi connectivity index (χ0) is 10.8. The fraction of sp³-hybridized carbons (Fsp3) is 0.100. The van der Waals surface area contributed by atoms with Crippen LogP contribution in [0.15, 0.2) is 29.2 Å². The summed E-state index contributed by atoms with van der Waals surface area (Å²) in [6, 6.07) is 6.75. The molecule has 0 aliphatic carbocycles. The number of phenolic OH excluding ortho intramolecular Hbond substituents is 1. The summed E-state index contributed by atoms with van der Waals surface area (Å²) in [5.74, 6) is 0.0681. The molecule has 1 unspecified atom stereocenters. The van der Waals surface area contributed by atoms with Gasteiger partial charge in [-0.1, -0.05) is 23.9 Å². The molecule has 15 heavy (non-hydrogen) atoms. The van der Waals surface area contributed by atoms with Crippen molar-refractivity contribution < 1.29 is 9.90 Å². The van der Waals surface area contributed by atoms with Crippen LogP contribution in [0.2, 0.25) is 0 Å². The lowest BCUT2D eigenvalue weighted by Gasteiger charge is -1.96. The lowest BCUT2D eigenvalue weighted by molar-refractivity contribution is -0.116. The van der Waals surface area contributed by atoms with Crippen LogP contribution in [0.25, 0.3) is 6.08 Å². The van der Waals surface area contributed by atoms with E-state index in [-0.39, 0.29) is 16.4 Å². The van der Waals surface area contributed by atoms with Crippen LogP contribution in [-0.2, 0) is 4.79 Å². The maximum Gasteiger partial charge on any atom is 0.259 e. The normalized spacial score (nSPS) is 23.1. The van der Waals surface area contributed by atoms with Crippen molar-refractivity contribution in [1.82, 2.24) is 5.32 Å². The van der Waals surface area contributed by atoms with Gasteiger partial charge in [0, 0.05) is 0 Å². The third-order valence-corrected chi connectivity index (χ3v) is 3.23. The summed E-state index contributed by atoms with van der Waals surface area (Å²) in [5.41, 5.74) is 0.801. The highest BCUT2D eigenvalue weighted by atomic mass is 32.2. The molecule has 5 heteroatoms. The van der Waals surface area contributed by atoms with Gasteiger partial charge in [-0.25, -0.2) is 0 Å². The Bertz CT molecular complexity index is 431. The number of amides is 1. The fourth-order valence-corrected chi connectivity index (χ4v) is 2.49. The standard InChI is InChI=1S/C10H9NO2S2/c12-7-3-1-2-6(4-7)5-8-9(13)11-10(14)15-8/h1-5,10,12,14H,(H,11,13)/b8-5-. The molecule has 1 atom stereocenters. The minimum absolute atomic E-state index is 0.122. The summed E-state index contributed by atoms with van der Waals surface area (Å²) in [6.45, 7) is 0. The van der Waals surface area contributed by atoms with Gasteiger partial charge in [0.15, 0.2) is 0 Å². The molecule has 0 spiro atoms. The van der Waals surface area contributed by atoms with E-state index in [9.17, 15) is 9.90 Å². The summed E-state index contributed by atoms with van der Waals surface area (Å²) < 4.78 is -0.180. The van der Waals surface area contributed by atoms with E-state index >= 15 is 0 Å². The van der Waals surface area contributed by atoms with Crippen LogP contribution >= 0.6 is 24.4 Å². The highest BCUT2D eigenvalue weighted by molar-refractivity contribution is 8.14. The van der Waals surface area contributed by atoms with Crippen molar-refractivity contribution in [1.29, 1.82) is 0 Å². The molecule has 0 radical (unpaired) electrons. The Balaban J connectivity index is 2.27. The van der Waals surface area contributed by atoms with Gasteiger partial charge in [0.05, 0.1) is 4.91 Å². The number of thiol groups is 1. The first-order valence-electron chi connectivity index (χ1n) is 4.31. The Labute approximate surface area is 97.0 Å². The van der Waals surface area contributed by atoms with E-state index in [1.165, 1.54) is 11.8 Å². The molecular weight excluding hydrogens is 230 g/mol. The number of thioether (sulfide) groups is 1. The second-order valence-electron chi connectivity index (χ2n) is 3.05. The zero-order valence-corrected chi connectivity index (χ0v) is 9.39. The first-order chi connectivity index (χ1) is 7.15. The quantitative estimate of drug-likeness (QED) is 0.517. The average molecular weight is 239 g/mol. The molecular formula is C10H9NO2S2. The summed E-state index contributed by atoms with van der Waals surface area (Å²) in [4.78, 5) is 12.0. The minimum Gasteiger partial charge on any atom is -0.508 e. The van der Waals surface area contributed by atoms with E-state index in [2.05, 4.69) is 17.9 Å². The van der Waals surface area contributed by atoms with Crippen molar-refractivity contribution in [3.63, 3.8) is 0 Å². The van der Waals surface area contributed by atoms with Gasteiger partial charge in [-0.05, 0) is 23.8 Å². The van der Waals surface area contributed by atoms with Gasteiger partial charge < -0.3 is 10.4 Å². The molecule has 0 saturated carbocycles. The van der Waals surface area contributed by atoms with Crippen molar-refractivity contribution in [2.24, 2.45) is 0 Å². The van der Waals surface area contributed by atoms with E-state index in [1.54, 1.807) is 24.3 Å². The van der Waals surface area contributed by atoms with Gasteiger partial charge in [0.25, 0.3) is 5.91 Å². The highest BCUT2D eigenvalue weighted by Gasteiger charge is 2.23. The van der Waals surface area contributed by atoms with Crippen LogP contribution in [0.5, 0.6) is 5.75 Å². The molecule has 1 aromatic rings. The van der Waals surface area contributed by atoms with E-state index in [0.29, 0.717) is 4.91 Å². The fourth-order valence-electron chi connectivity index (χ4n) is 1.25. The van der Waals surface area contributed by atoms with E-state index in [0.717, 1.165) is 5.56 Å². The SMILES string of the molecule is O=C1NC(S)S/C1=C\c1cccc(O)c1. The smallest absolute Gasteiger partial charge is 0.259 e. The Morgan fingerprint density at radius 1 is 1.53 bits per heavy atom. The molecule has 3 nitrogen and oxygen atoms in total. The van der Waals surface area contributed by atoms with Crippen molar-refractivity contribution in [3.8, 4) is 5.75 Å². The van der Waals surface area contributed by atoms with Gasteiger partial charge >= 0.3 is 0 Å². The number of rotatable bonds is 1. The molecule has 1 saturated heterocycles. The number of hydrogen-bond acceptors (Lipinski definition) is 4. The molecule has 2 rings (SSSR count). The number of hydrogen-bond donors (Lipinski definition) is 3. The molecule has 1 aromatic carbocycles. The van der Waals surface area contributed by atoms with Crippen LogP contribution < -0.4 is 5.32 Å². The monoisotopic (exact) mass is 239 g/mol. The Morgan fingerprint density at radius 3 is 2.93 bits per heavy atom. The maximum atomic E-state index is 11.4. The predicted octanol–water partition coefficient (Wildman–Crippen LogP) is 1.81. The molecule has 1 fully saturated rings. The van der Waals surface area contributed by atoms with Gasteiger partial charge in [-0.2, -0.15) is 0 Å². The molecule has 2 N–H and O–H groups in total. The van der Waals surface area contributed by atoms with Crippen molar-refractivity contribution in [3.05, 3.63) is 34.7 Å². The number of phenols is 1. The molecule has 0 bridgehead atoms. The number of carbonyl (C=O) groups excluding carboxylic acids is 1. The topological polar surface area (TPSA) is 49.3 Å². The molecule has 1 heterocycles. The van der Waals surface area contributed by atoms with Crippen molar-refractivity contribution >= 4 is 36.4 Å². The first kappa shape index (κ1) is 10.4. The van der Waals surface area contributed by atoms with E-state index in [1.807, 2.05) is 6.07 Å². The van der Waals surface area contributed by atoms with Gasteiger partial charge in [0.2, 0.25) is 0 Å². The molecule has 0 aromatic heterocycles. The van der Waals surface area contributed by atoms with E-state index in [4.69, 9.17) is 0 Å². The summed E-state index contributed by atoms with van der Waals surface area (Å²) in [6.07, 6.45) is 1.73. The second kappa shape index (κ2) is 4.20. The van der Waals surface area contributed by atoms with Crippen LogP contribution in [0.4, 0.5) is 0 Å². The molecule has 1 amide bonds. The zero-order valence-electron chi connectivity index (χ0n) is 7.68.